The van der Waals surface area contributed by atoms with Crippen molar-refractivity contribution in [1.82, 2.24) is 9.97 Å². The molecule has 1 heterocycles. The van der Waals surface area contributed by atoms with E-state index >= 15 is 0 Å². The molecule has 0 unspecified atom stereocenters. The molecule has 0 bridgehead atoms. The van der Waals surface area contributed by atoms with E-state index in [0.717, 1.165) is 25.2 Å². The van der Waals surface area contributed by atoms with E-state index in [1.165, 1.54) is 6.33 Å². The van der Waals surface area contributed by atoms with Crippen LogP contribution in [0.15, 0.2) is 19.0 Å². The van der Waals surface area contributed by atoms with Crippen LogP contribution in [-0.2, 0) is 0 Å². The number of aromatic nitrogens is 2. The summed E-state index contributed by atoms with van der Waals surface area (Å²) >= 11 is 0. The van der Waals surface area contributed by atoms with Gasteiger partial charge in [0.25, 0.3) is 0 Å². The Balaban J connectivity index is 2.81. The fourth-order valence-electron chi connectivity index (χ4n) is 1.50. The van der Waals surface area contributed by atoms with Crippen molar-refractivity contribution in [3.05, 3.63) is 19.0 Å². The molecule has 0 saturated carbocycles. The quantitative estimate of drug-likeness (QED) is 0.706. The Bertz CT molecular complexity index is 364. The molecule has 5 nitrogen and oxygen atoms in total. The van der Waals surface area contributed by atoms with Crippen LogP contribution in [0.1, 0.15) is 19.8 Å². The minimum Gasteiger partial charge on any atom is -0.393 e. The van der Waals surface area contributed by atoms with E-state index in [4.69, 9.17) is 5.73 Å². The fraction of sp³-hybridized carbons (Fsp3) is 0.500. The van der Waals surface area contributed by atoms with Crippen molar-refractivity contribution >= 4 is 17.3 Å². The molecule has 17 heavy (non-hydrogen) atoms. The Labute approximate surface area is 103 Å². The van der Waals surface area contributed by atoms with Gasteiger partial charge in [-0.2, -0.15) is 0 Å². The first-order valence-corrected chi connectivity index (χ1v) is 5.87. The molecule has 0 radical (unpaired) electrons. The maximum atomic E-state index is 6.03. The van der Waals surface area contributed by atoms with Crippen LogP contribution in [0.2, 0.25) is 0 Å². The smallest absolute Gasteiger partial charge is 0.157 e. The summed E-state index contributed by atoms with van der Waals surface area (Å²) in [5, 5.41) is 3.09. The molecule has 5 heteroatoms. The van der Waals surface area contributed by atoms with Gasteiger partial charge in [0, 0.05) is 20.1 Å². The number of unbranched alkanes of at least 4 members (excludes halogenated alkanes) is 1. The van der Waals surface area contributed by atoms with E-state index in [-0.39, 0.29) is 0 Å². The number of nitrogens with two attached hydrogens (primary N) is 1. The highest BCUT2D eigenvalue weighted by Gasteiger charge is 2.10. The first kappa shape index (κ1) is 13.3. The van der Waals surface area contributed by atoms with E-state index < -0.39 is 0 Å². The summed E-state index contributed by atoms with van der Waals surface area (Å²) < 4.78 is 0. The minimum absolute atomic E-state index is 0.591. The monoisotopic (exact) mass is 235 g/mol. The van der Waals surface area contributed by atoms with Crippen LogP contribution >= 0.6 is 0 Å². The molecule has 0 spiro atoms. The van der Waals surface area contributed by atoms with Crippen molar-refractivity contribution in [1.29, 1.82) is 0 Å². The highest BCUT2D eigenvalue weighted by Crippen LogP contribution is 2.25. The molecule has 1 aromatic rings. The average Bonchev–Trinajstić information content (AvgIpc) is 2.34. The molecular weight excluding hydrogens is 214 g/mol. The van der Waals surface area contributed by atoms with Crippen LogP contribution in [0.4, 0.5) is 17.3 Å². The standard InChI is InChI=1S/C12H21N5/c1-4-6-8-17(3)12-10(13)11(14-7-5-2)15-9-16-12/h5,9H,2,4,6-8,13H2,1,3H3,(H,14,15,16). The zero-order valence-electron chi connectivity index (χ0n) is 10.6. The molecule has 3 N–H and O–H groups in total. The molecule has 0 atom stereocenters. The van der Waals surface area contributed by atoms with Gasteiger partial charge in [0.1, 0.15) is 12.0 Å². The van der Waals surface area contributed by atoms with Crippen LogP contribution < -0.4 is 16.0 Å². The zero-order chi connectivity index (χ0) is 12.7. The van der Waals surface area contributed by atoms with E-state index in [0.29, 0.717) is 18.1 Å². The maximum Gasteiger partial charge on any atom is 0.157 e. The summed E-state index contributed by atoms with van der Waals surface area (Å²) in [5.41, 5.74) is 6.62. The number of anilines is 3. The van der Waals surface area contributed by atoms with Crippen molar-refractivity contribution in [3.63, 3.8) is 0 Å². The number of nitrogens with zero attached hydrogens (tertiary/aromatic N) is 3. The molecule has 0 aromatic carbocycles. The average molecular weight is 235 g/mol. The van der Waals surface area contributed by atoms with Gasteiger partial charge in [0.2, 0.25) is 0 Å². The molecule has 0 fully saturated rings. The molecular formula is C12H21N5. The second-order valence-corrected chi connectivity index (χ2v) is 3.90. The van der Waals surface area contributed by atoms with Gasteiger partial charge in [-0.3, -0.25) is 0 Å². The maximum absolute atomic E-state index is 6.03. The molecule has 1 aromatic heterocycles. The lowest BCUT2D eigenvalue weighted by molar-refractivity contribution is 0.759. The predicted octanol–water partition coefficient (Wildman–Crippen LogP) is 1.89. The number of hydrogen-bond acceptors (Lipinski definition) is 5. The summed E-state index contributed by atoms with van der Waals surface area (Å²) in [5.74, 6) is 1.44. The lowest BCUT2D eigenvalue weighted by atomic mass is 10.3. The van der Waals surface area contributed by atoms with Gasteiger partial charge in [-0.25, -0.2) is 9.97 Å². The van der Waals surface area contributed by atoms with Gasteiger partial charge >= 0.3 is 0 Å². The van der Waals surface area contributed by atoms with Crippen molar-refractivity contribution < 1.29 is 0 Å². The van der Waals surface area contributed by atoms with Crippen molar-refractivity contribution in [2.24, 2.45) is 0 Å². The Hall–Kier alpha value is -1.78. The number of rotatable bonds is 7. The third kappa shape index (κ3) is 3.62. The summed E-state index contributed by atoms with van der Waals surface area (Å²) in [6.07, 6.45) is 5.56. The Morgan fingerprint density at radius 3 is 2.94 bits per heavy atom. The second kappa shape index (κ2) is 6.73. The van der Waals surface area contributed by atoms with Gasteiger partial charge in [-0.1, -0.05) is 19.4 Å². The predicted molar refractivity (Wildman–Crippen MR) is 73.3 cm³/mol. The summed E-state index contributed by atoms with van der Waals surface area (Å²) in [4.78, 5) is 10.4. The Morgan fingerprint density at radius 2 is 2.29 bits per heavy atom. The first-order valence-electron chi connectivity index (χ1n) is 5.87. The Kier molecular flexibility index (Phi) is 5.26. The molecule has 0 saturated heterocycles. The molecule has 0 aliphatic rings. The van der Waals surface area contributed by atoms with Gasteiger partial charge in [-0.15, -0.1) is 6.58 Å². The second-order valence-electron chi connectivity index (χ2n) is 3.90. The first-order chi connectivity index (χ1) is 8.20. The largest absolute Gasteiger partial charge is 0.393 e. The van der Waals surface area contributed by atoms with E-state index in [2.05, 4.69) is 33.7 Å². The highest BCUT2D eigenvalue weighted by molar-refractivity contribution is 5.74. The van der Waals surface area contributed by atoms with Crippen molar-refractivity contribution in [2.45, 2.75) is 19.8 Å². The van der Waals surface area contributed by atoms with Crippen molar-refractivity contribution in [3.8, 4) is 0 Å². The molecule has 0 aliphatic carbocycles. The summed E-state index contributed by atoms with van der Waals surface area (Å²) in [6.45, 7) is 7.39. The zero-order valence-corrected chi connectivity index (χ0v) is 10.6. The minimum atomic E-state index is 0.591. The van der Waals surface area contributed by atoms with Crippen LogP contribution in [0.25, 0.3) is 0 Å². The molecule has 0 aliphatic heterocycles. The SMILES string of the molecule is C=CCNc1ncnc(N(C)CCCC)c1N. The van der Waals surface area contributed by atoms with E-state index in [1.54, 1.807) is 6.08 Å². The summed E-state index contributed by atoms with van der Waals surface area (Å²) in [6, 6.07) is 0. The Morgan fingerprint density at radius 1 is 1.53 bits per heavy atom. The molecule has 94 valence electrons. The van der Waals surface area contributed by atoms with Gasteiger partial charge < -0.3 is 16.0 Å². The van der Waals surface area contributed by atoms with Crippen LogP contribution in [0, 0.1) is 0 Å². The number of nitrogens with one attached hydrogen (secondary N) is 1. The third-order valence-corrected chi connectivity index (χ3v) is 2.49. The van der Waals surface area contributed by atoms with Gasteiger partial charge in [-0.05, 0) is 6.42 Å². The van der Waals surface area contributed by atoms with E-state index in [1.807, 2.05) is 7.05 Å². The molecule has 1 rings (SSSR count). The van der Waals surface area contributed by atoms with Crippen LogP contribution in [-0.4, -0.2) is 30.1 Å². The van der Waals surface area contributed by atoms with Gasteiger partial charge in [0.05, 0.1) is 0 Å². The van der Waals surface area contributed by atoms with E-state index in [9.17, 15) is 0 Å². The topological polar surface area (TPSA) is 67.1 Å². The van der Waals surface area contributed by atoms with Crippen LogP contribution in [0.3, 0.4) is 0 Å². The number of nitrogen functional groups attached to an aromatic ring is 1. The molecule has 0 amide bonds. The summed E-state index contributed by atoms with van der Waals surface area (Å²) in [7, 11) is 1.99. The van der Waals surface area contributed by atoms with Crippen molar-refractivity contribution in [2.75, 3.05) is 36.1 Å². The lowest BCUT2D eigenvalue weighted by Gasteiger charge is -2.20. The normalized spacial score (nSPS) is 10.0. The fourth-order valence-corrected chi connectivity index (χ4v) is 1.50. The number of hydrogen-bond donors (Lipinski definition) is 2. The lowest BCUT2D eigenvalue weighted by Crippen LogP contribution is -2.22. The van der Waals surface area contributed by atoms with Gasteiger partial charge in [0.15, 0.2) is 11.6 Å². The third-order valence-electron chi connectivity index (χ3n) is 2.49. The highest BCUT2D eigenvalue weighted by atomic mass is 15.2. The van der Waals surface area contributed by atoms with Crippen LogP contribution in [0.5, 0.6) is 0 Å².